The van der Waals surface area contributed by atoms with E-state index in [1.807, 2.05) is 0 Å². The van der Waals surface area contributed by atoms with E-state index in [1.54, 1.807) is 12.1 Å². The summed E-state index contributed by atoms with van der Waals surface area (Å²) >= 11 is 4.71. The fourth-order valence-electron chi connectivity index (χ4n) is 1.20. The van der Waals surface area contributed by atoms with Crippen molar-refractivity contribution in [3.05, 3.63) is 22.7 Å². The van der Waals surface area contributed by atoms with Crippen LogP contribution in [0.1, 0.15) is 0 Å². The first-order valence-corrected chi connectivity index (χ1v) is 8.46. The van der Waals surface area contributed by atoms with Gasteiger partial charge >= 0.3 is 0 Å². The molecular formula is C11H13BrN2O2S2. The van der Waals surface area contributed by atoms with Crippen LogP contribution >= 0.6 is 27.7 Å². The predicted molar refractivity (Wildman–Crippen MR) is 79.9 cm³/mol. The van der Waals surface area contributed by atoms with Crippen LogP contribution in [-0.2, 0) is 10.0 Å². The van der Waals surface area contributed by atoms with Gasteiger partial charge in [0.2, 0.25) is 10.0 Å². The number of rotatable bonds is 6. The van der Waals surface area contributed by atoms with Gasteiger partial charge in [-0.2, -0.15) is 0 Å². The minimum Gasteiger partial charge on any atom is -0.398 e. The lowest BCUT2D eigenvalue weighted by atomic mass is 10.3. The van der Waals surface area contributed by atoms with E-state index in [2.05, 4.69) is 26.6 Å². The lowest BCUT2D eigenvalue weighted by Crippen LogP contribution is -2.26. The van der Waals surface area contributed by atoms with E-state index in [9.17, 15) is 8.42 Å². The zero-order chi connectivity index (χ0) is 13.6. The Morgan fingerprint density at radius 1 is 1.50 bits per heavy atom. The molecule has 18 heavy (non-hydrogen) atoms. The highest BCUT2D eigenvalue weighted by molar-refractivity contribution is 9.10. The molecule has 0 aromatic heterocycles. The number of sulfonamides is 1. The lowest BCUT2D eigenvalue weighted by molar-refractivity contribution is 0.584. The number of halogens is 1. The highest BCUT2D eigenvalue weighted by Crippen LogP contribution is 2.22. The first-order chi connectivity index (χ1) is 8.47. The van der Waals surface area contributed by atoms with Crippen LogP contribution in [0, 0.1) is 12.3 Å². The smallest absolute Gasteiger partial charge is 0.242 e. The van der Waals surface area contributed by atoms with Gasteiger partial charge in [-0.05, 0) is 18.2 Å². The van der Waals surface area contributed by atoms with Crippen LogP contribution < -0.4 is 10.5 Å². The molecule has 0 amide bonds. The van der Waals surface area contributed by atoms with Crippen molar-refractivity contribution in [2.45, 2.75) is 4.90 Å². The molecule has 0 aliphatic rings. The highest BCUT2D eigenvalue weighted by Gasteiger charge is 2.16. The number of benzene rings is 1. The molecule has 0 saturated heterocycles. The maximum absolute atomic E-state index is 12.0. The molecule has 0 spiro atoms. The largest absolute Gasteiger partial charge is 0.398 e. The first-order valence-electron chi connectivity index (χ1n) is 5.03. The molecule has 3 N–H and O–H groups in total. The fourth-order valence-corrected chi connectivity index (χ4v) is 3.54. The third-order valence-electron chi connectivity index (χ3n) is 1.99. The third kappa shape index (κ3) is 4.53. The number of nitrogens with two attached hydrogens (primary N) is 1. The Hall–Kier alpha value is -0.680. The van der Waals surface area contributed by atoms with E-state index >= 15 is 0 Å². The summed E-state index contributed by atoms with van der Waals surface area (Å²) in [6.07, 6.45) is 5.09. The van der Waals surface area contributed by atoms with Crippen molar-refractivity contribution in [3.8, 4) is 12.3 Å². The Balaban J connectivity index is 2.69. The summed E-state index contributed by atoms with van der Waals surface area (Å²) in [4.78, 5) is 0.0822. The van der Waals surface area contributed by atoms with E-state index in [4.69, 9.17) is 12.2 Å². The highest BCUT2D eigenvalue weighted by atomic mass is 79.9. The van der Waals surface area contributed by atoms with Crippen molar-refractivity contribution in [3.63, 3.8) is 0 Å². The number of hydrogen-bond acceptors (Lipinski definition) is 4. The van der Waals surface area contributed by atoms with Crippen LogP contribution in [0.5, 0.6) is 0 Å². The number of anilines is 1. The Labute approximate surface area is 120 Å². The predicted octanol–water partition coefficient (Wildman–Crippen LogP) is 1.68. The quantitative estimate of drug-likeness (QED) is 0.466. The summed E-state index contributed by atoms with van der Waals surface area (Å²) in [5, 5.41) is 0. The van der Waals surface area contributed by atoms with Gasteiger partial charge in [-0.25, -0.2) is 13.1 Å². The zero-order valence-electron chi connectivity index (χ0n) is 9.52. The normalized spacial score (nSPS) is 11.1. The summed E-state index contributed by atoms with van der Waals surface area (Å²) in [5.41, 5.74) is 5.88. The summed E-state index contributed by atoms with van der Waals surface area (Å²) in [6, 6.07) is 4.72. The number of nitrogen functional groups attached to an aromatic ring is 1. The molecule has 0 aliphatic carbocycles. The molecule has 0 fully saturated rings. The number of terminal acetylenes is 1. The molecule has 1 rings (SSSR count). The summed E-state index contributed by atoms with van der Waals surface area (Å²) < 4.78 is 27.1. The molecule has 7 heteroatoms. The molecule has 4 nitrogen and oxygen atoms in total. The number of hydrogen-bond donors (Lipinski definition) is 2. The van der Waals surface area contributed by atoms with Crippen molar-refractivity contribution in [1.29, 1.82) is 0 Å². The molecule has 0 heterocycles. The fraction of sp³-hybridized carbons (Fsp3) is 0.273. The monoisotopic (exact) mass is 348 g/mol. The van der Waals surface area contributed by atoms with Gasteiger partial charge in [0.05, 0.1) is 11.4 Å². The van der Waals surface area contributed by atoms with Gasteiger partial charge < -0.3 is 5.73 Å². The van der Waals surface area contributed by atoms with E-state index < -0.39 is 10.0 Å². The topological polar surface area (TPSA) is 72.2 Å². The molecule has 0 bridgehead atoms. The van der Waals surface area contributed by atoms with Gasteiger partial charge in [0, 0.05) is 16.8 Å². The lowest BCUT2D eigenvalue weighted by Gasteiger charge is -2.09. The molecule has 1 aromatic carbocycles. The molecule has 0 aliphatic heterocycles. The van der Waals surface area contributed by atoms with Gasteiger partial charge in [0.1, 0.15) is 4.90 Å². The average molecular weight is 349 g/mol. The number of nitrogens with one attached hydrogen (secondary N) is 1. The molecule has 0 saturated carbocycles. The van der Waals surface area contributed by atoms with Gasteiger partial charge in [-0.15, -0.1) is 18.2 Å². The van der Waals surface area contributed by atoms with E-state index in [0.717, 1.165) is 0 Å². The number of thioether (sulfide) groups is 1. The molecule has 0 unspecified atom stereocenters. The van der Waals surface area contributed by atoms with Crippen LogP contribution in [-0.4, -0.2) is 26.5 Å². The van der Waals surface area contributed by atoms with Gasteiger partial charge in [0.15, 0.2) is 0 Å². The molecular weight excluding hydrogens is 336 g/mol. The van der Waals surface area contributed by atoms with Gasteiger partial charge in [-0.1, -0.05) is 21.9 Å². The van der Waals surface area contributed by atoms with Crippen LogP contribution in [0.3, 0.4) is 0 Å². The first kappa shape index (κ1) is 15.4. The minimum atomic E-state index is -3.57. The van der Waals surface area contributed by atoms with Crippen LogP contribution in [0.25, 0.3) is 0 Å². The molecule has 0 atom stereocenters. The van der Waals surface area contributed by atoms with Crippen molar-refractivity contribution < 1.29 is 8.42 Å². The third-order valence-corrected chi connectivity index (χ3v) is 4.86. The Morgan fingerprint density at radius 3 is 2.89 bits per heavy atom. The van der Waals surface area contributed by atoms with Crippen LogP contribution in [0.4, 0.5) is 5.69 Å². The Kier molecular flexibility index (Phi) is 6.02. The standard InChI is InChI=1S/C11H13BrN2O2S2/c1-2-6-17-7-5-14-18(15,16)11-8-9(12)3-4-10(11)13/h1,3-4,8,14H,5-7,13H2. The van der Waals surface area contributed by atoms with Crippen molar-refractivity contribution in [1.82, 2.24) is 4.72 Å². The van der Waals surface area contributed by atoms with Crippen molar-refractivity contribution in [2.24, 2.45) is 0 Å². The van der Waals surface area contributed by atoms with E-state index in [0.29, 0.717) is 22.5 Å². The summed E-state index contributed by atoms with van der Waals surface area (Å²) in [6.45, 7) is 0.320. The second-order valence-electron chi connectivity index (χ2n) is 3.34. The Bertz CT molecular complexity index is 553. The van der Waals surface area contributed by atoms with E-state index in [-0.39, 0.29) is 10.6 Å². The molecule has 1 aromatic rings. The maximum atomic E-state index is 12.0. The van der Waals surface area contributed by atoms with Crippen LogP contribution in [0.2, 0.25) is 0 Å². The van der Waals surface area contributed by atoms with Crippen LogP contribution in [0.15, 0.2) is 27.6 Å². The maximum Gasteiger partial charge on any atom is 0.242 e. The Morgan fingerprint density at radius 2 is 2.22 bits per heavy atom. The van der Waals surface area contributed by atoms with Gasteiger partial charge in [-0.3, -0.25) is 0 Å². The zero-order valence-corrected chi connectivity index (χ0v) is 12.7. The second-order valence-corrected chi connectivity index (χ2v) is 7.09. The van der Waals surface area contributed by atoms with Crippen molar-refractivity contribution >= 4 is 43.4 Å². The molecule has 98 valence electrons. The average Bonchev–Trinajstić information content (AvgIpc) is 2.32. The summed E-state index contributed by atoms with van der Waals surface area (Å²) in [7, 11) is -3.57. The summed E-state index contributed by atoms with van der Waals surface area (Å²) in [5.74, 6) is 3.67. The minimum absolute atomic E-state index is 0.0822. The molecule has 0 radical (unpaired) electrons. The second kappa shape index (κ2) is 7.04. The van der Waals surface area contributed by atoms with Crippen molar-refractivity contribution in [2.75, 3.05) is 23.8 Å². The van der Waals surface area contributed by atoms with Gasteiger partial charge in [0.25, 0.3) is 0 Å². The van der Waals surface area contributed by atoms with E-state index in [1.165, 1.54) is 17.8 Å². The SMILES string of the molecule is C#CCSCCNS(=O)(=O)c1cc(Br)ccc1N.